The van der Waals surface area contributed by atoms with Crippen LogP contribution in [0, 0.1) is 0 Å². The van der Waals surface area contributed by atoms with E-state index in [1.54, 1.807) is 0 Å². The Bertz CT molecular complexity index is 392. The smallest absolute Gasteiger partial charge is 0.113 e. The zero-order chi connectivity index (χ0) is 12.3. The number of nitrogens with two attached hydrogens (primary N) is 1. The largest absolute Gasteiger partial charge is 0.496 e. The molecule has 17 heavy (non-hydrogen) atoms. The van der Waals surface area contributed by atoms with Gasteiger partial charge in [-0.2, -0.15) is 0 Å². The van der Waals surface area contributed by atoms with Gasteiger partial charge in [-0.25, -0.2) is 0 Å². The van der Waals surface area contributed by atoms with Crippen molar-refractivity contribution >= 4 is 0 Å². The first-order valence-electron chi connectivity index (χ1n) is 6.37. The van der Waals surface area contributed by atoms with Gasteiger partial charge in [-0.15, -0.1) is 0 Å². The highest BCUT2D eigenvalue weighted by molar-refractivity contribution is 5.30. The van der Waals surface area contributed by atoms with E-state index in [-0.39, 0.29) is 6.04 Å². The van der Waals surface area contributed by atoms with Gasteiger partial charge in [0.1, 0.15) is 5.76 Å². The molecule has 1 atom stereocenters. The molecule has 0 fully saturated rings. The Morgan fingerprint density at radius 1 is 1.12 bits per heavy atom. The summed E-state index contributed by atoms with van der Waals surface area (Å²) in [4.78, 5) is 0. The third-order valence-electron chi connectivity index (χ3n) is 3.23. The fourth-order valence-corrected chi connectivity index (χ4v) is 2.05. The Hall–Kier alpha value is -1.28. The second kappa shape index (κ2) is 5.37. The third kappa shape index (κ3) is 2.89. The molecule has 92 valence electrons. The van der Waals surface area contributed by atoms with E-state index in [2.05, 4.69) is 44.2 Å². The Kier molecular flexibility index (Phi) is 3.85. The van der Waals surface area contributed by atoms with Gasteiger partial charge in [0, 0.05) is 0 Å². The Morgan fingerprint density at radius 2 is 1.76 bits per heavy atom. The summed E-state index contributed by atoms with van der Waals surface area (Å²) in [6.45, 7) is 5.19. The molecule has 0 aliphatic carbocycles. The number of hydrogen-bond donors (Lipinski definition) is 1. The average Bonchev–Trinajstić information content (AvgIpc) is 2.39. The van der Waals surface area contributed by atoms with Crippen LogP contribution < -0.4 is 5.73 Å². The summed E-state index contributed by atoms with van der Waals surface area (Å²) in [6.07, 6.45) is 4.29. The SMILES string of the molecule is CC(C)c1ccc(C(N)C2=CCCCO2)cc1. The van der Waals surface area contributed by atoms with Crippen LogP contribution in [0.25, 0.3) is 0 Å². The van der Waals surface area contributed by atoms with Gasteiger partial charge >= 0.3 is 0 Å². The summed E-state index contributed by atoms with van der Waals surface area (Å²) in [7, 11) is 0. The van der Waals surface area contributed by atoms with Crippen molar-refractivity contribution < 1.29 is 4.74 Å². The van der Waals surface area contributed by atoms with E-state index in [1.165, 1.54) is 5.56 Å². The quantitative estimate of drug-likeness (QED) is 0.864. The predicted octanol–water partition coefficient (Wildman–Crippen LogP) is 3.50. The van der Waals surface area contributed by atoms with Crippen molar-refractivity contribution in [1.82, 2.24) is 0 Å². The van der Waals surface area contributed by atoms with Gasteiger partial charge in [-0.05, 0) is 36.0 Å². The Labute approximate surface area is 103 Å². The molecule has 1 heterocycles. The molecule has 0 radical (unpaired) electrons. The highest BCUT2D eigenvalue weighted by Gasteiger charge is 2.15. The molecule has 0 spiro atoms. The average molecular weight is 231 g/mol. The van der Waals surface area contributed by atoms with Crippen LogP contribution in [0.1, 0.15) is 49.8 Å². The fourth-order valence-electron chi connectivity index (χ4n) is 2.05. The molecule has 2 heteroatoms. The van der Waals surface area contributed by atoms with Gasteiger partial charge in [0.05, 0.1) is 12.6 Å². The van der Waals surface area contributed by atoms with Crippen molar-refractivity contribution in [2.24, 2.45) is 5.73 Å². The molecule has 1 aromatic carbocycles. The number of ether oxygens (including phenoxy) is 1. The van der Waals surface area contributed by atoms with Crippen LogP contribution in [0.2, 0.25) is 0 Å². The lowest BCUT2D eigenvalue weighted by Gasteiger charge is -2.21. The molecule has 2 N–H and O–H groups in total. The van der Waals surface area contributed by atoms with Gasteiger partial charge in [0.25, 0.3) is 0 Å². The van der Waals surface area contributed by atoms with Crippen LogP contribution >= 0.6 is 0 Å². The summed E-state index contributed by atoms with van der Waals surface area (Å²) in [5.74, 6) is 1.49. The maximum absolute atomic E-state index is 6.20. The summed E-state index contributed by atoms with van der Waals surface area (Å²) in [5, 5.41) is 0. The minimum absolute atomic E-state index is 0.114. The minimum atomic E-state index is -0.114. The number of allylic oxidation sites excluding steroid dienone is 1. The van der Waals surface area contributed by atoms with Crippen molar-refractivity contribution in [3.8, 4) is 0 Å². The highest BCUT2D eigenvalue weighted by atomic mass is 16.5. The first-order valence-corrected chi connectivity index (χ1v) is 6.37. The van der Waals surface area contributed by atoms with Crippen molar-refractivity contribution in [2.75, 3.05) is 6.61 Å². The lowest BCUT2D eigenvalue weighted by molar-refractivity contribution is 0.176. The van der Waals surface area contributed by atoms with Crippen molar-refractivity contribution in [1.29, 1.82) is 0 Å². The molecule has 0 bridgehead atoms. The van der Waals surface area contributed by atoms with Gasteiger partial charge in [-0.3, -0.25) is 0 Å². The zero-order valence-electron chi connectivity index (χ0n) is 10.6. The van der Waals surface area contributed by atoms with Crippen LogP contribution in [0.3, 0.4) is 0 Å². The first kappa shape index (κ1) is 12.2. The van der Waals surface area contributed by atoms with Gasteiger partial charge in [-0.1, -0.05) is 38.1 Å². The van der Waals surface area contributed by atoms with E-state index in [9.17, 15) is 0 Å². The number of hydrogen-bond acceptors (Lipinski definition) is 2. The monoisotopic (exact) mass is 231 g/mol. The fraction of sp³-hybridized carbons (Fsp3) is 0.467. The normalized spacial score (nSPS) is 17.5. The Morgan fingerprint density at radius 3 is 2.29 bits per heavy atom. The van der Waals surface area contributed by atoms with E-state index in [0.29, 0.717) is 5.92 Å². The minimum Gasteiger partial charge on any atom is -0.496 e. The molecule has 2 rings (SSSR count). The van der Waals surface area contributed by atoms with E-state index in [1.807, 2.05) is 0 Å². The van der Waals surface area contributed by atoms with Gasteiger partial charge in [0.2, 0.25) is 0 Å². The van der Waals surface area contributed by atoms with Crippen LogP contribution in [-0.4, -0.2) is 6.61 Å². The van der Waals surface area contributed by atoms with E-state index in [0.717, 1.165) is 30.8 Å². The lowest BCUT2D eigenvalue weighted by atomic mass is 9.98. The van der Waals surface area contributed by atoms with Crippen molar-refractivity contribution in [3.63, 3.8) is 0 Å². The molecular formula is C15H21NO. The molecule has 1 aliphatic heterocycles. The predicted molar refractivity (Wildman–Crippen MR) is 70.7 cm³/mol. The summed E-state index contributed by atoms with van der Waals surface area (Å²) in [5.41, 5.74) is 8.68. The van der Waals surface area contributed by atoms with E-state index >= 15 is 0 Å². The second-order valence-corrected chi connectivity index (χ2v) is 4.90. The zero-order valence-corrected chi connectivity index (χ0v) is 10.6. The topological polar surface area (TPSA) is 35.2 Å². The molecule has 1 aromatic rings. The summed E-state index contributed by atoms with van der Waals surface area (Å²) >= 11 is 0. The lowest BCUT2D eigenvalue weighted by Crippen LogP contribution is -2.17. The van der Waals surface area contributed by atoms with Crippen LogP contribution in [-0.2, 0) is 4.74 Å². The van der Waals surface area contributed by atoms with E-state index in [4.69, 9.17) is 10.5 Å². The molecule has 2 nitrogen and oxygen atoms in total. The molecule has 0 aromatic heterocycles. The maximum atomic E-state index is 6.20. The molecule has 1 aliphatic rings. The molecule has 0 saturated carbocycles. The maximum Gasteiger partial charge on any atom is 0.113 e. The van der Waals surface area contributed by atoms with Gasteiger partial charge < -0.3 is 10.5 Å². The number of rotatable bonds is 3. The molecular weight excluding hydrogens is 210 g/mol. The standard InChI is InChI=1S/C15H21NO/c1-11(2)12-6-8-13(9-7-12)15(16)14-5-3-4-10-17-14/h5-9,11,15H,3-4,10,16H2,1-2H3. The van der Waals surface area contributed by atoms with Crippen LogP contribution in [0.5, 0.6) is 0 Å². The summed E-state index contributed by atoms with van der Waals surface area (Å²) < 4.78 is 5.61. The van der Waals surface area contributed by atoms with Crippen LogP contribution in [0.4, 0.5) is 0 Å². The van der Waals surface area contributed by atoms with Crippen molar-refractivity contribution in [2.45, 2.75) is 38.6 Å². The summed E-state index contributed by atoms with van der Waals surface area (Å²) in [6, 6.07) is 8.42. The number of benzene rings is 1. The molecule has 0 amide bonds. The van der Waals surface area contributed by atoms with Crippen molar-refractivity contribution in [3.05, 3.63) is 47.2 Å². The molecule has 0 saturated heterocycles. The van der Waals surface area contributed by atoms with Gasteiger partial charge in [0.15, 0.2) is 0 Å². The molecule has 1 unspecified atom stereocenters. The highest BCUT2D eigenvalue weighted by Crippen LogP contribution is 2.25. The van der Waals surface area contributed by atoms with E-state index < -0.39 is 0 Å². The first-order chi connectivity index (χ1) is 8.18. The van der Waals surface area contributed by atoms with Crippen LogP contribution in [0.15, 0.2) is 36.1 Å². The Balaban J connectivity index is 2.13. The second-order valence-electron chi connectivity index (χ2n) is 4.90. The third-order valence-corrected chi connectivity index (χ3v) is 3.23.